The van der Waals surface area contributed by atoms with Crippen molar-refractivity contribution in [2.75, 3.05) is 25.1 Å². The molecular formula is C31H33N7O7. The molecule has 4 aromatic rings. The highest BCUT2D eigenvalue weighted by molar-refractivity contribution is 5.84. The van der Waals surface area contributed by atoms with Crippen LogP contribution in [0.5, 0.6) is 5.75 Å². The molecule has 2 heterocycles. The van der Waals surface area contributed by atoms with E-state index in [4.69, 9.17) is 9.84 Å². The van der Waals surface area contributed by atoms with Crippen LogP contribution in [-0.2, 0) is 11.2 Å². The van der Waals surface area contributed by atoms with E-state index < -0.39 is 48.9 Å². The van der Waals surface area contributed by atoms with E-state index in [1.54, 1.807) is 34.9 Å². The Bertz CT molecular complexity index is 1670. The Kier molecular flexibility index (Phi) is 10.2. The molecule has 7 N–H and O–H groups in total. The van der Waals surface area contributed by atoms with Crippen molar-refractivity contribution in [3.8, 4) is 17.6 Å². The lowest BCUT2D eigenvalue weighted by atomic mass is 10.1. The maximum atomic E-state index is 12.1. The third kappa shape index (κ3) is 7.72. The number of ether oxygens (including phenoxy) is 1. The van der Waals surface area contributed by atoms with Crippen molar-refractivity contribution in [1.82, 2.24) is 30.2 Å². The Hall–Kier alpha value is -5.07. The molecule has 1 aliphatic carbocycles. The number of carbonyl (C=O) groups excluding carboxylic acids is 2. The number of rotatable bonds is 10. The molecule has 1 fully saturated rings. The number of amides is 2. The van der Waals surface area contributed by atoms with Crippen molar-refractivity contribution in [3.05, 3.63) is 78.4 Å². The molecule has 2 aromatic carbocycles. The number of fused-ring (bicyclic) bond motifs is 1. The second-order valence-electron chi connectivity index (χ2n) is 10.4. The van der Waals surface area contributed by atoms with Crippen LogP contribution >= 0.6 is 0 Å². The van der Waals surface area contributed by atoms with Gasteiger partial charge >= 0.3 is 6.09 Å². The van der Waals surface area contributed by atoms with Gasteiger partial charge in [-0.25, -0.2) is 19.7 Å². The number of aromatic nitrogens is 4. The van der Waals surface area contributed by atoms with Gasteiger partial charge in [0, 0.05) is 0 Å². The van der Waals surface area contributed by atoms with E-state index in [1.165, 1.54) is 6.33 Å². The zero-order valence-electron chi connectivity index (χ0n) is 24.1. The highest BCUT2D eigenvalue weighted by atomic mass is 16.6. The number of carbonyl (C=O) groups is 2. The normalized spacial score (nSPS) is 19.7. The molecule has 5 rings (SSSR count). The highest BCUT2D eigenvalue weighted by Gasteiger charge is 2.43. The van der Waals surface area contributed by atoms with Gasteiger partial charge in [0.15, 0.2) is 17.0 Å². The number of imidazole rings is 1. The van der Waals surface area contributed by atoms with Crippen LogP contribution in [0.4, 0.5) is 10.6 Å². The summed E-state index contributed by atoms with van der Waals surface area (Å²) in [4.78, 5) is 37.4. The summed E-state index contributed by atoms with van der Waals surface area (Å²) in [6.07, 6.45) is -1.20. The van der Waals surface area contributed by atoms with Crippen LogP contribution in [0.25, 0.3) is 11.2 Å². The average molecular weight is 616 g/mol. The van der Waals surface area contributed by atoms with E-state index in [2.05, 4.69) is 42.7 Å². The van der Waals surface area contributed by atoms with Gasteiger partial charge in [-0.2, -0.15) is 0 Å². The summed E-state index contributed by atoms with van der Waals surface area (Å²) in [5.74, 6) is 5.68. The molecule has 14 nitrogen and oxygen atoms in total. The largest absolute Gasteiger partial charge is 0.413 e. The van der Waals surface area contributed by atoms with Gasteiger partial charge in [-0.3, -0.25) is 4.79 Å². The molecule has 5 atom stereocenters. The summed E-state index contributed by atoms with van der Waals surface area (Å²) in [5.41, 5.74) is 1.61. The SMILES string of the molecule is O=C(CO)N[C@H]1C[C@@H](n2cnc3c(N[C@H](CO)Cc4ccccc4)nc(C#CCNC(=O)Oc4ccccc4)nc32)[C@H](O)[C@@H]1O. The van der Waals surface area contributed by atoms with Gasteiger partial charge in [0.05, 0.1) is 37.6 Å². The molecule has 0 spiro atoms. The van der Waals surface area contributed by atoms with Crippen molar-refractivity contribution in [3.63, 3.8) is 0 Å². The zero-order chi connectivity index (χ0) is 31.8. The average Bonchev–Trinajstić information content (AvgIpc) is 3.60. The van der Waals surface area contributed by atoms with E-state index in [-0.39, 0.29) is 36.9 Å². The number of aliphatic hydroxyl groups excluding tert-OH is 4. The van der Waals surface area contributed by atoms with Gasteiger partial charge in [0.25, 0.3) is 0 Å². The molecule has 0 saturated heterocycles. The number of nitrogens with zero attached hydrogens (tertiary/aromatic N) is 4. The maximum absolute atomic E-state index is 12.1. The van der Waals surface area contributed by atoms with Gasteiger partial charge in [0.1, 0.15) is 24.6 Å². The molecule has 1 aliphatic rings. The molecule has 1 saturated carbocycles. The number of anilines is 1. The Balaban J connectivity index is 1.41. The Morgan fingerprint density at radius 2 is 1.76 bits per heavy atom. The van der Waals surface area contributed by atoms with Crippen LogP contribution in [0.1, 0.15) is 23.9 Å². The first kappa shape index (κ1) is 31.4. The summed E-state index contributed by atoms with van der Waals surface area (Å²) in [6.45, 7) is -1.03. The van der Waals surface area contributed by atoms with Crippen LogP contribution in [0, 0.1) is 11.8 Å². The van der Waals surface area contributed by atoms with Crippen LogP contribution in [0.2, 0.25) is 0 Å². The Labute approximate surface area is 258 Å². The minimum absolute atomic E-state index is 0.0673. The minimum Gasteiger partial charge on any atom is -0.410 e. The number of aliphatic hydroxyl groups is 4. The molecule has 14 heteroatoms. The lowest BCUT2D eigenvalue weighted by Gasteiger charge is -2.19. The number of hydrogen-bond donors (Lipinski definition) is 7. The summed E-state index contributed by atoms with van der Waals surface area (Å²) >= 11 is 0. The molecule has 2 amide bonds. The zero-order valence-corrected chi connectivity index (χ0v) is 24.1. The first-order valence-corrected chi connectivity index (χ1v) is 14.3. The van der Waals surface area contributed by atoms with E-state index in [0.717, 1.165) is 5.56 Å². The molecule has 0 unspecified atom stereocenters. The second kappa shape index (κ2) is 14.6. The van der Waals surface area contributed by atoms with Gasteiger partial charge in [-0.1, -0.05) is 54.5 Å². The topological polar surface area (TPSA) is 204 Å². The van der Waals surface area contributed by atoms with Crippen LogP contribution in [0.3, 0.4) is 0 Å². The monoisotopic (exact) mass is 615 g/mol. The van der Waals surface area contributed by atoms with Crippen LogP contribution in [0.15, 0.2) is 67.0 Å². The quantitative estimate of drug-likeness (QED) is 0.119. The standard InChI is InChI=1S/C31H33N7O7/c39-16-20(14-19-8-3-1-4-9-19)34-29-26-30(38(18-33-26)23-15-22(27(42)28(23)43)35-25(41)17-40)37-24(36-29)12-7-13-32-31(44)45-21-10-5-2-6-11-21/h1-6,8-11,18,20,22-23,27-28,39-40,42-43H,13-17H2,(H,32,44)(H,35,41)(H,34,36,37)/t20-,22-,23+,27+,28-/m0/s1. The predicted molar refractivity (Wildman–Crippen MR) is 162 cm³/mol. The molecule has 0 bridgehead atoms. The van der Waals surface area contributed by atoms with Gasteiger partial charge in [-0.15, -0.1) is 0 Å². The highest BCUT2D eigenvalue weighted by Crippen LogP contribution is 2.34. The lowest BCUT2D eigenvalue weighted by molar-refractivity contribution is -0.125. The minimum atomic E-state index is -1.30. The summed E-state index contributed by atoms with van der Waals surface area (Å²) in [5, 5.41) is 49.0. The number of hydrogen-bond acceptors (Lipinski definition) is 11. The smallest absolute Gasteiger partial charge is 0.410 e. The number of nitrogens with one attached hydrogen (secondary N) is 3. The molecule has 234 valence electrons. The van der Waals surface area contributed by atoms with Gasteiger partial charge in [-0.05, 0) is 36.5 Å². The van der Waals surface area contributed by atoms with Crippen LogP contribution < -0.4 is 20.7 Å². The van der Waals surface area contributed by atoms with Crippen LogP contribution in [-0.4, -0.2) is 96.0 Å². The Morgan fingerprint density at radius 1 is 1.02 bits per heavy atom. The second-order valence-corrected chi connectivity index (χ2v) is 10.4. The first-order valence-electron chi connectivity index (χ1n) is 14.3. The summed E-state index contributed by atoms with van der Waals surface area (Å²) < 4.78 is 6.77. The van der Waals surface area contributed by atoms with E-state index in [0.29, 0.717) is 17.7 Å². The van der Waals surface area contributed by atoms with E-state index >= 15 is 0 Å². The van der Waals surface area contributed by atoms with Gasteiger partial charge < -0.3 is 45.7 Å². The Morgan fingerprint density at radius 3 is 2.47 bits per heavy atom. The predicted octanol–water partition coefficient (Wildman–Crippen LogP) is 0.126. The van der Waals surface area contributed by atoms with Crippen molar-refractivity contribution in [2.24, 2.45) is 0 Å². The fourth-order valence-electron chi connectivity index (χ4n) is 5.12. The molecule has 0 aliphatic heterocycles. The van der Waals surface area contributed by atoms with Crippen molar-refractivity contribution < 1.29 is 34.8 Å². The maximum Gasteiger partial charge on any atom is 0.413 e. The molecule has 2 aromatic heterocycles. The summed E-state index contributed by atoms with van der Waals surface area (Å²) in [6, 6.07) is 16.2. The van der Waals surface area contributed by atoms with Crippen molar-refractivity contribution in [2.45, 2.75) is 43.2 Å². The summed E-state index contributed by atoms with van der Waals surface area (Å²) in [7, 11) is 0. The lowest BCUT2D eigenvalue weighted by Crippen LogP contribution is -2.44. The van der Waals surface area contributed by atoms with E-state index in [1.807, 2.05) is 30.3 Å². The van der Waals surface area contributed by atoms with Crippen molar-refractivity contribution >= 4 is 29.0 Å². The molecular weight excluding hydrogens is 582 g/mol. The molecule has 45 heavy (non-hydrogen) atoms. The third-order valence-electron chi connectivity index (χ3n) is 7.28. The van der Waals surface area contributed by atoms with Crippen molar-refractivity contribution in [1.29, 1.82) is 0 Å². The third-order valence-corrected chi connectivity index (χ3v) is 7.28. The number of benzene rings is 2. The van der Waals surface area contributed by atoms with Gasteiger partial charge in [0.2, 0.25) is 11.7 Å². The fraction of sp³-hybridized carbons (Fsp3) is 0.323. The fourth-order valence-corrected chi connectivity index (χ4v) is 5.12. The molecule has 0 radical (unpaired) electrons. The first-order chi connectivity index (χ1) is 21.9. The van der Waals surface area contributed by atoms with E-state index in [9.17, 15) is 24.9 Å². The number of para-hydroxylation sites is 1.